The number of hydrogen-bond donors (Lipinski definition) is 2. The van der Waals surface area contributed by atoms with E-state index in [-0.39, 0.29) is 0 Å². The quantitative estimate of drug-likeness (QED) is 0.654. The summed E-state index contributed by atoms with van der Waals surface area (Å²) in [5.74, 6) is 0. The zero-order chi connectivity index (χ0) is 11.3. The number of anilines is 1. The fraction of sp³-hybridized carbons (Fsp3) is 0.222. The number of hydrogen-bond acceptors (Lipinski definition) is 1. The van der Waals surface area contributed by atoms with Crippen LogP contribution in [0.4, 0.5) is 5.69 Å². The summed E-state index contributed by atoms with van der Waals surface area (Å²) in [5.41, 5.74) is 0.744. The molecule has 1 aromatic rings. The topological polar surface area (TPSA) is 24.1 Å². The Morgan fingerprint density at radius 1 is 1.40 bits per heavy atom. The predicted octanol–water partition coefficient (Wildman–Crippen LogP) is 3.67. The van der Waals surface area contributed by atoms with Crippen molar-refractivity contribution in [2.75, 3.05) is 17.2 Å². The van der Waals surface area contributed by atoms with E-state index >= 15 is 0 Å². The maximum absolute atomic E-state index is 5.96. The molecule has 0 fully saturated rings. The molecule has 0 radical (unpaired) electrons. The maximum Gasteiger partial charge on any atom is 0.170 e. The molecule has 2 N–H and O–H groups in total. The van der Waals surface area contributed by atoms with Crippen LogP contribution in [0, 0.1) is 0 Å². The molecule has 1 rings (SSSR count). The van der Waals surface area contributed by atoms with Gasteiger partial charge in [0.25, 0.3) is 0 Å². The normalized spacial score (nSPS) is 9.80. The molecule has 6 heteroatoms. The van der Waals surface area contributed by atoms with E-state index in [2.05, 4.69) is 26.6 Å². The lowest BCUT2D eigenvalue weighted by Gasteiger charge is -2.10. The van der Waals surface area contributed by atoms with Gasteiger partial charge in [0, 0.05) is 16.9 Å². The van der Waals surface area contributed by atoms with Crippen LogP contribution in [0.1, 0.15) is 0 Å². The first kappa shape index (κ1) is 13.0. The first-order valence-electron chi connectivity index (χ1n) is 4.19. The molecule has 0 aliphatic heterocycles. The highest BCUT2D eigenvalue weighted by Gasteiger charge is 2.02. The Bertz CT molecular complexity index is 360. The summed E-state index contributed by atoms with van der Waals surface area (Å²) >= 11 is 20.1. The minimum atomic E-state index is 0.540. The number of nitrogens with one attached hydrogen (secondary N) is 2. The van der Waals surface area contributed by atoms with Crippen molar-refractivity contribution in [1.29, 1.82) is 0 Å². The van der Waals surface area contributed by atoms with Gasteiger partial charge in [-0.2, -0.15) is 0 Å². The van der Waals surface area contributed by atoms with Crippen molar-refractivity contribution in [2.24, 2.45) is 0 Å². The van der Waals surface area contributed by atoms with Crippen molar-refractivity contribution in [1.82, 2.24) is 5.32 Å². The van der Waals surface area contributed by atoms with Gasteiger partial charge in [0.2, 0.25) is 0 Å². The first-order valence-corrected chi connectivity index (χ1v) is 6.48. The second-order valence-corrected chi connectivity index (χ2v) is 4.74. The zero-order valence-electron chi connectivity index (χ0n) is 7.69. The lowest BCUT2D eigenvalue weighted by Crippen LogP contribution is -2.29. The van der Waals surface area contributed by atoms with Gasteiger partial charge >= 0.3 is 0 Å². The van der Waals surface area contributed by atoms with Gasteiger partial charge in [-0.05, 0) is 30.4 Å². The van der Waals surface area contributed by atoms with Gasteiger partial charge in [0.1, 0.15) is 0 Å². The van der Waals surface area contributed by atoms with E-state index in [1.54, 1.807) is 18.2 Å². The molecular weight excluding hydrogens is 319 g/mol. The van der Waals surface area contributed by atoms with Gasteiger partial charge in [-0.1, -0.05) is 39.1 Å². The van der Waals surface area contributed by atoms with Gasteiger partial charge in [-0.3, -0.25) is 0 Å². The van der Waals surface area contributed by atoms with Gasteiger partial charge in [0.15, 0.2) is 5.11 Å². The fourth-order valence-corrected chi connectivity index (χ4v) is 1.78. The van der Waals surface area contributed by atoms with Crippen molar-refractivity contribution < 1.29 is 0 Å². The number of benzene rings is 1. The monoisotopic (exact) mass is 326 g/mol. The molecule has 82 valence electrons. The lowest BCUT2D eigenvalue weighted by atomic mass is 10.3. The largest absolute Gasteiger partial charge is 0.362 e. The van der Waals surface area contributed by atoms with Gasteiger partial charge < -0.3 is 10.6 Å². The molecule has 0 spiro atoms. The molecule has 1 aromatic carbocycles. The number of alkyl halides is 1. The van der Waals surface area contributed by atoms with Gasteiger partial charge in [-0.15, -0.1) is 0 Å². The molecule has 0 bridgehead atoms. The van der Waals surface area contributed by atoms with Crippen molar-refractivity contribution in [3.63, 3.8) is 0 Å². The third-order valence-electron chi connectivity index (χ3n) is 1.56. The van der Waals surface area contributed by atoms with Gasteiger partial charge in [0.05, 0.1) is 10.7 Å². The van der Waals surface area contributed by atoms with Gasteiger partial charge in [-0.25, -0.2) is 0 Å². The van der Waals surface area contributed by atoms with E-state index in [9.17, 15) is 0 Å². The summed E-state index contributed by atoms with van der Waals surface area (Å²) in [5, 5.41) is 8.51. The van der Waals surface area contributed by atoms with Crippen LogP contribution in [0.2, 0.25) is 10.0 Å². The second kappa shape index (κ2) is 6.53. The Morgan fingerprint density at radius 2 is 2.13 bits per heavy atom. The molecule has 0 unspecified atom stereocenters. The fourth-order valence-electron chi connectivity index (χ4n) is 0.918. The third kappa shape index (κ3) is 4.55. The molecule has 0 aliphatic rings. The van der Waals surface area contributed by atoms with E-state index in [1.165, 1.54) is 0 Å². The molecule has 0 amide bonds. The smallest absolute Gasteiger partial charge is 0.170 e. The Kier molecular flexibility index (Phi) is 5.68. The third-order valence-corrected chi connectivity index (χ3v) is 2.75. The number of rotatable bonds is 3. The average Bonchev–Trinajstić information content (AvgIpc) is 2.19. The minimum absolute atomic E-state index is 0.540. The number of thiocarbonyl (C=S) groups is 1. The van der Waals surface area contributed by atoms with E-state index in [0.29, 0.717) is 15.2 Å². The summed E-state index contributed by atoms with van der Waals surface area (Å²) in [6.07, 6.45) is 0. The molecule has 0 aromatic heterocycles. The van der Waals surface area contributed by atoms with Crippen LogP contribution in [0.25, 0.3) is 0 Å². The highest BCUT2D eigenvalue weighted by atomic mass is 79.9. The SMILES string of the molecule is S=C(NCCBr)Nc1ccc(Cl)cc1Cl. The summed E-state index contributed by atoms with van der Waals surface area (Å²) in [6.45, 7) is 0.761. The van der Waals surface area contributed by atoms with Crippen LogP contribution in [0.15, 0.2) is 18.2 Å². The molecule has 0 atom stereocenters. The Hall–Kier alpha value is -0.0300. The van der Waals surface area contributed by atoms with Crippen LogP contribution in [-0.4, -0.2) is 17.0 Å². The average molecular weight is 328 g/mol. The Morgan fingerprint density at radius 3 is 2.73 bits per heavy atom. The van der Waals surface area contributed by atoms with Crippen LogP contribution < -0.4 is 10.6 Å². The summed E-state index contributed by atoms with van der Waals surface area (Å²) in [7, 11) is 0. The van der Waals surface area contributed by atoms with Crippen LogP contribution >= 0.6 is 51.3 Å². The highest BCUT2D eigenvalue weighted by molar-refractivity contribution is 9.09. The zero-order valence-corrected chi connectivity index (χ0v) is 11.6. The maximum atomic E-state index is 5.96. The second-order valence-electron chi connectivity index (χ2n) is 2.69. The Balaban J connectivity index is 2.60. The molecule has 0 saturated carbocycles. The van der Waals surface area contributed by atoms with Crippen LogP contribution in [-0.2, 0) is 0 Å². The summed E-state index contributed by atoms with van der Waals surface area (Å²) in [6, 6.07) is 5.20. The van der Waals surface area contributed by atoms with E-state index < -0.39 is 0 Å². The molecule has 0 heterocycles. The van der Waals surface area contributed by atoms with Crippen LogP contribution in [0.3, 0.4) is 0 Å². The van der Waals surface area contributed by atoms with Crippen LogP contribution in [0.5, 0.6) is 0 Å². The molecule has 2 nitrogen and oxygen atoms in total. The lowest BCUT2D eigenvalue weighted by molar-refractivity contribution is 0.997. The molecule has 0 saturated heterocycles. The van der Waals surface area contributed by atoms with Crippen molar-refractivity contribution >= 4 is 62.1 Å². The van der Waals surface area contributed by atoms with Crippen molar-refractivity contribution in [3.05, 3.63) is 28.2 Å². The predicted molar refractivity (Wildman–Crippen MR) is 74.5 cm³/mol. The van der Waals surface area contributed by atoms with Crippen molar-refractivity contribution in [3.8, 4) is 0 Å². The molecule has 0 aliphatic carbocycles. The van der Waals surface area contributed by atoms with E-state index in [0.717, 1.165) is 17.6 Å². The Labute approximate surface area is 112 Å². The summed E-state index contributed by atoms with van der Waals surface area (Å²) in [4.78, 5) is 0. The molecule has 15 heavy (non-hydrogen) atoms. The van der Waals surface area contributed by atoms with Crippen molar-refractivity contribution in [2.45, 2.75) is 0 Å². The summed E-state index contributed by atoms with van der Waals surface area (Å²) < 4.78 is 0. The standard InChI is InChI=1S/C9H9BrCl2N2S/c10-3-4-13-9(15)14-8-2-1-6(11)5-7(8)12/h1-2,5H,3-4H2,(H2,13,14,15). The first-order chi connectivity index (χ1) is 7.13. The highest BCUT2D eigenvalue weighted by Crippen LogP contribution is 2.25. The molecular formula is C9H9BrCl2N2S. The van der Waals surface area contributed by atoms with E-state index in [4.69, 9.17) is 35.4 Å². The van der Waals surface area contributed by atoms with E-state index in [1.807, 2.05) is 0 Å². The minimum Gasteiger partial charge on any atom is -0.362 e. The number of halogens is 3.